The van der Waals surface area contributed by atoms with Crippen molar-refractivity contribution in [3.05, 3.63) is 11.9 Å². The molecule has 0 radical (unpaired) electrons. The molecule has 1 aromatic heterocycles. The Hall–Kier alpha value is -1.92. The van der Waals surface area contributed by atoms with Crippen molar-refractivity contribution in [2.24, 2.45) is 17.8 Å². The number of carboxylic acids is 1. The third kappa shape index (κ3) is 2.91. The first kappa shape index (κ1) is 15.6. The fourth-order valence-electron chi connectivity index (χ4n) is 4.10. The number of nitrogens with one attached hydrogen (secondary N) is 1. The molecule has 1 amide bonds. The molecule has 3 aliphatic rings. The van der Waals surface area contributed by atoms with Gasteiger partial charge in [0, 0.05) is 18.0 Å². The SMILES string of the molecule is CC1CC(C(=O)N[C@@H]2CC(C(=O)O)C[C@@H]2n2cc(C3CC3)nn2)C1. The van der Waals surface area contributed by atoms with Crippen molar-refractivity contribution < 1.29 is 14.7 Å². The highest BCUT2D eigenvalue weighted by Crippen LogP contribution is 2.41. The van der Waals surface area contributed by atoms with Gasteiger partial charge in [-0.25, -0.2) is 4.68 Å². The van der Waals surface area contributed by atoms with E-state index in [2.05, 4.69) is 22.6 Å². The standard InChI is InChI=1S/C17H24N4O3/c1-9-4-11(5-9)16(22)18-13-6-12(17(23)24)7-15(13)21-8-14(19-20-21)10-2-3-10/h8-13,15H,2-7H2,1H3,(H,18,22)(H,23,24)/t9?,11?,12?,13-,15+/m1/s1. The minimum absolute atomic E-state index is 0.0664. The van der Waals surface area contributed by atoms with E-state index in [1.54, 1.807) is 4.68 Å². The zero-order valence-corrected chi connectivity index (χ0v) is 13.9. The van der Waals surface area contributed by atoms with E-state index in [1.807, 2.05) is 6.20 Å². The number of amides is 1. The summed E-state index contributed by atoms with van der Waals surface area (Å²) in [4.78, 5) is 23.8. The van der Waals surface area contributed by atoms with Crippen LogP contribution in [0, 0.1) is 17.8 Å². The maximum absolute atomic E-state index is 12.4. The molecule has 3 saturated carbocycles. The highest BCUT2D eigenvalue weighted by atomic mass is 16.4. The summed E-state index contributed by atoms with van der Waals surface area (Å²) in [7, 11) is 0. The van der Waals surface area contributed by atoms with E-state index in [4.69, 9.17) is 0 Å². The summed E-state index contributed by atoms with van der Waals surface area (Å²) < 4.78 is 1.78. The molecule has 7 heteroatoms. The molecule has 7 nitrogen and oxygen atoms in total. The number of aromatic nitrogens is 3. The molecule has 1 aromatic rings. The van der Waals surface area contributed by atoms with Crippen LogP contribution in [-0.4, -0.2) is 38.0 Å². The van der Waals surface area contributed by atoms with E-state index in [-0.39, 0.29) is 23.9 Å². The maximum atomic E-state index is 12.4. The van der Waals surface area contributed by atoms with Gasteiger partial charge in [0.2, 0.25) is 5.91 Å². The highest BCUT2D eigenvalue weighted by molar-refractivity contribution is 5.80. The fourth-order valence-corrected chi connectivity index (χ4v) is 4.10. The Labute approximate surface area is 140 Å². The van der Waals surface area contributed by atoms with E-state index >= 15 is 0 Å². The minimum atomic E-state index is -0.795. The summed E-state index contributed by atoms with van der Waals surface area (Å²) in [5.74, 6) is 0.0490. The van der Waals surface area contributed by atoms with Gasteiger partial charge in [-0.1, -0.05) is 12.1 Å². The third-order valence-corrected chi connectivity index (χ3v) is 5.81. The molecule has 24 heavy (non-hydrogen) atoms. The first-order valence-corrected chi connectivity index (χ1v) is 8.96. The highest BCUT2D eigenvalue weighted by Gasteiger charge is 2.42. The number of aliphatic carboxylic acids is 1. The van der Waals surface area contributed by atoms with Crippen LogP contribution in [0.2, 0.25) is 0 Å². The van der Waals surface area contributed by atoms with Crippen LogP contribution >= 0.6 is 0 Å². The maximum Gasteiger partial charge on any atom is 0.306 e. The molecular formula is C17H24N4O3. The molecule has 3 fully saturated rings. The van der Waals surface area contributed by atoms with Crippen molar-refractivity contribution in [1.82, 2.24) is 20.3 Å². The van der Waals surface area contributed by atoms with Gasteiger partial charge in [-0.05, 0) is 44.4 Å². The Morgan fingerprint density at radius 3 is 2.58 bits per heavy atom. The molecule has 1 heterocycles. The minimum Gasteiger partial charge on any atom is -0.481 e. The Kier molecular flexibility index (Phi) is 3.81. The summed E-state index contributed by atoms with van der Waals surface area (Å²) in [6, 6.07) is -0.296. The third-order valence-electron chi connectivity index (χ3n) is 5.81. The second-order valence-corrected chi connectivity index (χ2v) is 7.86. The molecule has 0 aliphatic heterocycles. The largest absolute Gasteiger partial charge is 0.481 e. The van der Waals surface area contributed by atoms with E-state index in [9.17, 15) is 14.7 Å². The quantitative estimate of drug-likeness (QED) is 0.856. The van der Waals surface area contributed by atoms with Gasteiger partial charge >= 0.3 is 5.97 Å². The van der Waals surface area contributed by atoms with E-state index in [0.29, 0.717) is 24.7 Å². The molecule has 0 aromatic carbocycles. The monoisotopic (exact) mass is 332 g/mol. The van der Waals surface area contributed by atoms with Gasteiger partial charge in [0.25, 0.3) is 0 Å². The molecular weight excluding hydrogens is 308 g/mol. The van der Waals surface area contributed by atoms with Gasteiger partial charge in [-0.2, -0.15) is 0 Å². The molecule has 0 spiro atoms. The number of carboxylic acid groups (broad SMARTS) is 1. The van der Waals surface area contributed by atoms with E-state index in [0.717, 1.165) is 31.4 Å². The number of carbonyl (C=O) groups is 2. The summed E-state index contributed by atoms with van der Waals surface area (Å²) >= 11 is 0. The van der Waals surface area contributed by atoms with Crippen molar-refractivity contribution in [2.45, 2.75) is 63.5 Å². The molecule has 3 atom stereocenters. The van der Waals surface area contributed by atoms with E-state index in [1.165, 1.54) is 0 Å². The molecule has 3 aliphatic carbocycles. The predicted molar refractivity (Wildman–Crippen MR) is 85.2 cm³/mol. The van der Waals surface area contributed by atoms with Crippen molar-refractivity contribution in [1.29, 1.82) is 0 Å². The predicted octanol–water partition coefficient (Wildman–Crippen LogP) is 1.72. The van der Waals surface area contributed by atoms with Gasteiger partial charge in [0.15, 0.2) is 0 Å². The van der Waals surface area contributed by atoms with Crippen molar-refractivity contribution >= 4 is 11.9 Å². The topological polar surface area (TPSA) is 97.1 Å². The lowest BCUT2D eigenvalue weighted by Gasteiger charge is -2.33. The van der Waals surface area contributed by atoms with Crippen LogP contribution in [0.3, 0.4) is 0 Å². The lowest BCUT2D eigenvalue weighted by atomic mass is 9.75. The van der Waals surface area contributed by atoms with Gasteiger partial charge in [-0.15, -0.1) is 5.10 Å². The molecule has 2 N–H and O–H groups in total. The molecule has 130 valence electrons. The van der Waals surface area contributed by atoms with Crippen LogP contribution in [0.1, 0.15) is 63.1 Å². The van der Waals surface area contributed by atoms with Crippen LogP contribution in [0.5, 0.6) is 0 Å². The Morgan fingerprint density at radius 1 is 1.21 bits per heavy atom. The molecule has 1 unspecified atom stereocenters. The lowest BCUT2D eigenvalue weighted by Crippen LogP contribution is -2.45. The first-order chi connectivity index (χ1) is 11.5. The zero-order chi connectivity index (χ0) is 16.8. The van der Waals surface area contributed by atoms with Crippen molar-refractivity contribution in [2.75, 3.05) is 0 Å². The fraction of sp³-hybridized carbons (Fsp3) is 0.765. The summed E-state index contributed by atoms with van der Waals surface area (Å²) in [6.07, 6.45) is 7.07. The number of hydrogen-bond donors (Lipinski definition) is 2. The number of carbonyl (C=O) groups excluding carboxylic acids is 1. The summed E-state index contributed by atoms with van der Waals surface area (Å²) in [5, 5.41) is 20.9. The first-order valence-electron chi connectivity index (χ1n) is 8.96. The number of nitrogens with zero attached hydrogens (tertiary/aromatic N) is 3. The average Bonchev–Trinajstić information content (AvgIpc) is 3.08. The van der Waals surface area contributed by atoms with Gasteiger partial charge in [0.05, 0.1) is 23.7 Å². The van der Waals surface area contributed by atoms with Crippen LogP contribution in [0.4, 0.5) is 0 Å². The van der Waals surface area contributed by atoms with Crippen LogP contribution < -0.4 is 5.32 Å². The summed E-state index contributed by atoms with van der Waals surface area (Å²) in [6.45, 7) is 2.15. The second kappa shape index (κ2) is 5.86. The van der Waals surface area contributed by atoms with Gasteiger partial charge in [0.1, 0.15) is 0 Å². The Morgan fingerprint density at radius 2 is 1.96 bits per heavy atom. The van der Waals surface area contributed by atoms with Gasteiger partial charge < -0.3 is 10.4 Å². The van der Waals surface area contributed by atoms with Crippen molar-refractivity contribution in [3.63, 3.8) is 0 Å². The van der Waals surface area contributed by atoms with Crippen LogP contribution in [0.25, 0.3) is 0 Å². The zero-order valence-electron chi connectivity index (χ0n) is 13.9. The molecule has 0 bridgehead atoms. The van der Waals surface area contributed by atoms with Gasteiger partial charge in [-0.3, -0.25) is 9.59 Å². The number of hydrogen-bond acceptors (Lipinski definition) is 4. The smallest absolute Gasteiger partial charge is 0.306 e. The van der Waals surface area contributed by atoms with Crippen LogP contribution in [-0.2, 0) is 9.59 Å². The second-order valence-electron chi connectivity index (χ2n) is 7.86. The Balaban J connectivity index is 1.48. The number of rotatable bonds is 5. The average molecular weight is 332 g/mol. The van der Waals surface area contributed by atoms with Crippen LogP contribution in [0.15, 0.2) is 6.20 Å². The summed E-state index contributed by atoms with van der Waals surface area (Å²) in [5.41, 5.74) is 0.992. The Bertz CT molecular complexity index is 648. The molecule has 4 rings (SSSR count). The lowest BCUT2D eigenvalue weighted by molar-refractivity contribution is -0.141. The molecule has 0 saturated heterocycles. The normalized spacial score (nSPS) is 35.5. The van der Waals surface area contributed by atoms with Crippen molar-refractivity contribution in [3.8, 4) is 0 Å². The van der Waals surface area contributed by atoms with E-state index < -0.39 is 11.9 Å².